The van der Waals surface area contributed by atoms with Crippen molar-refractivity contribution in [2.24, 2.45) is 0 Å². The Bertz CT molecular complexity index is 319. The van der Waals surface area contributed by atoms with E-state index in [1.807, 2.05) is 0 Å². The Balaban J connectivity index is 2.08. The molecule has 0 radical (unpaired) electrons. The van der Waals surface area contributed by atoms with Gasteiger partial charge in [0.25, 0.3) is 0 Å². The number of hydrogen-bond donors (Lipinski definition) is 1. The van der Waals surface area contributed by atoms with Crippen molar-refractivity contribution in [1.29, 1.82) is 0 Å². The summed E-state index contributed by atoms with van der Waals surface area (Å²) in [5.74, 6) is 0. The summed E-state index contributed by atoms with van der Waals surface area (Å²) >= 11 is 0. The van der Waals surface area contributed by atoms with Crippen molar-refractivity contribution >= 4 is 0 Å². The molecule has 0 saturated carbocycles. The Morgan fingerprint density at radius 3 is 2.35 bits per heavy atom. The minimum absolute atomic E-state index is 0.00129. The zero-order valence-electron chi connectivity index (χ0n) is 14.3. The zero-order chi connectivity index (χ0) is 15.0. The van der Waals surface area contributed by atoms with E-state index in [1.165, 1.54) is 25.8 Å². The molecular weight excluding hydrogens is 248 g/mol. The Labute approximate surface area is 125 Å². The van der Waals surface area contributed by atoms with Gasteiger partial charge in [-0.05, 0) is 67.3 Å². The summed E-state index contributed by atoms with van der Waals surface area (Å²) in [6.45, 7) is 16.0. The van der Waals surface area contributed by atoms with Crippen LogP contribution < -0.4 is 5.32 Å². The third-order valence-corrected chi connectivity index (χ3v) is 4.93. The fourth-order valence-corrected chi connectivity index (χ4v) is 4.08. The molecule has 0 bridgehead atoms. The average Bonchev–Trinajstić information content (AvgIpc) is 2.55. The van der Waals surface area contributed by atoms with Crippen molar-refractivity contribution in [2.45, 2.75) is 96.6 Å². The van der Waals surface area contributed by atoms with Crippen molar-refractivity contribution in [2.75, 3.05) is 13.1 Å². The average molecular weight is 282 g/mol. The van der Waals surface area contributed by atoms with Gasteiger partial charge in [-0.15, -0.1) is 0 Å². The van der Waals surface area contributed by atoms with Crippen molar-refractivity contribution < 1.29 is 4.74 Å². The van der Waals surface area contributed by atoms with Crippen LogP contribution in [0.4, 0.5) is 0 Å². The number of nitrogens with one attached hydrogen (secondary N) is 1. The Hall–Kier alpha value is -0.120. The first-order valence-electron chi connectivity index (χ1n) is 8.40. The molecule has 0 aliphatic carbocycles. The van der Waals surface area contributed by atoms with Crippen LogP contribution in [0.1, 0.15) is 67.2 Å². The number of hydrogen-bond acceptors (Lipinski definition) is 3. The van der Waals surface area contributed by atoms with Crippen molar-refractivity contribution in [1.82, 2.24) is 10.2 Å². The molecule has 0 spiro atoms. The van der Waals surface area contributed by atoms with Crippen LogP contribution in [0.25, 0.3) is 0 Å². The number of ether oxygens (including phenoxy) is 1. The van der Waals surface area contributed by atoms with Gasteiger partial charge in [-0.2, -0.15) is 0 Å². The SMILES string of the molecule is CC(C)N(CC1CCCCN1)C1CC(C)(C)OC1(C)C. The third kappa shape index (κ3) is 3.75. The van der Waals surface area contributed by atoms with Gasteiger partial charge < -0.3 is 10.1 Å². The molecule has 2 atom stereocenters. The Morgan fingerprint density at radius 2 is 1.90 bits per heavy atom. The van der Waals surface area contributed by atoms with Crippen LogP contribution in [-0.4, -0.2) is 47.3 Å². The summed E-state index contributed by atoms with van der Waals surface area (Å²) in [7, 11) is 0. The van der Waals surface area contributed by atoms with Gasteiger partial charge in [0.2, 0.25) is 0 Å². The lowest BCUT2D eigenvalue weighted by Crippen LogP contribution is -2.54. The van der Waals surface area contributed by atoms with Gasteiger partial charge >= 0.3 is 0 Å². The number of piperidine rings is 1. The standard InChI is InChI=1S/C17H34N2O/c1-13(2)19(12-14-9-7-8-10-18-14)15-11-16(3,4)20-17(15,5)6/h13-15,18H,7-12H2,1-6H3. The molecule has 2 saturated heterocycles. The third-order valence-electron chi connectivity index (χ3n) is 4.93. The first-order chi connectivity index (χ1) is 9.21. The maximum Gasteiger partial charge on any atom is 0.0789 e. The van der Waals surface area contributed by atoms with E-state index in [1.54, 1.807) is 0 Å². The van der Waals surface area contributed by atoms with E-state index in [0.29, 0.717) is 18.1 Å². The second-order valence-electron chi connectivity index (χ2n) is 8.12. The van der Waals surface area contributed by atoms with E-state index < -0.39 is 0 Å². The minimum atomic E-state index is -0.0531. The highest BCUT2D eigenvalue weighted by molar-refractivity contribution is 5.01. The predicted octanol–water partition coefficient (Wildman–Crippen LogP) is 3.19. The molecular formula is C17H34N2O. The van der Waals surface area contributed by atoms with Gasteiger partial charge in [-0.1, -0.05) is 6.42 Å². The Kier molecular flexibility index (Phi) is 4.83. The molecule has 2 aliphatic rings. The molecule has 0 amide bonds. The summed E-state index contributed by atoms with van der Waals surface area (Å²) in [5.41, 5.74) is -0.0518. The van der Waals surface area contributed by atoms with Gasteiger partial charge in [-0.3, -0.25) is 4.90 Å². The maximum absolute atomic E-state index is 6.31. The fraction of sp³-hybridized carbons (Fsp3) is 1.00. The lowest BCUT2D eigenvalue weighted by molar-refractivity contribution is -0.0839. The van der Waals surface area contributed by atoms with Crippen LogP contribution in [0.2, 0.25) is 0 Å². The number of rotatable bonds is 4. The van der Waals surface area contributed by atoms with E-state index in [-0.39, 0.29) is 11.2 Å². The maximum atomic E-state index is 6.31. The summed E-state index contributed by atoms with van der Waals surface area (Å²) in [6.07, 6.45) is 5.16. The molecule has 0 aromatic heterocycles. The topological polar surface area (TPSA) is 24.5 Å². The van der Waals surface area contributed by atoms with Crippen molar-refractivity contribution in [3.63, 3.8) is 0 Å². The molecule has 20 heavy (non-hydrogen) atoms. The van der Waals surface area contributed by atoms with Gasteiger partial charge in [0, 0.05) is 24.7 Å². The molecule has 3 heteroatoms. The van der Waals surface area contributed by atoms with Crippen LogP contribution in [0, 0.1) is 0 Å². The van der Waals surface area contributed by atoms with Crippen LogP contribution in [0.5, 0.6) is 0 Å². The van der Waals surface area contributed by atoms with Gasteiger partial charge in [0.05, 0.1) is 11.2 Å². The molecule has 2 aliphatic heterocycles. The summed E-state index contributed by atoms with van der Waals surface area (Å²) in [4.78, 5) is 2.68. The van der Waals surface area contributed by atoms with E-state index in [0.717, 1.165) is 13.0 Å². The lowest BCUT2D eigenvalue weighted by atomic mass is 9.91. The van der Waals surface area contributed by atoms with Gasteiger partial charge in [-0.25, -0.2) is 0 Å². The quantitative estimate of drug-likeness (QED) is 0.857. The van der Waals surface area contributed by atoms with Crippen molar-refractivity contribution in [3.8, 4) is 0 Å². The minimum Gasteiger partial charge on any atom is -0.368 e. The zero-order valence-corrected chi connectivity index (χ0v) is 14.3. The predicted molar refractivity (Wildman–Crippen MR) is 85.1 cm³/mol. The summed E-state index contributed by atoms with van der Waals surface area (Å²) < 4.78 is 6.31. The van der Waals surface area contributed by atoms with Gasteiger partial charge in [0.15, 0.2) is 0 Å². The van der Waals surface area contributed by atoms with Crippen LogP contribution in [0.15, 0.2) is 0 Å². The second-order valence-corrected chi connectivity index (χ2v) is 8.12. The first kappa shape index (κ1) is 16.3. The van der Waals surface area contributed by atoms with E-state index in [4.69, 9.17) is 4.74 Å². The lowest BCUT2D eigenvalue weighted by Gasteiger charge is -2.41. The highest BCUT2D eigenvalue weighted by Gasteiger charge is 2.49. The highest BCUT2D eigenvalue weighted by atomic mass is 16.5. The molecule has 2 heterocycles. The van der Waals surface area contributed by atoms with Crippen LogP contribution in [-0.2, 0) is 4.74 Å². The molecule has 2 rings (SSSR count). The van der Waals surface area contributed by atoms with E-state index >= 15 is 0 Å². The first-order valence-corrected chi connectivity index (χ1v) is 8.40. The second kappa shape index (κ2) is 5.94. The molecule has 118 valence electrons. The van der Waals surface area contributed by atoms with E-state index in [2.05, 4.69) is 51.8 Å². The molecule has 0 aromatic carbocycles. The molecule has 3 nitrogen and oxygen atoms in total. The Morgan fingerprint density at radius 1 is 1.20 bits per heavy atom. The van der Waals surface area contributed by atoms with Gasteiger partial charge in [0.1, 0.15) is 0 Å². The molecule has 0 aromatic rings. The van der Waals surface area contributed by atoms with Crippen molar-refractivity contribution in [3.05, 3.63) is 0 Å². The summed E-state index contributed by atoms with van der Waals surface area (Å²) in [6, 6.07) is 1.74. The van der Waals surface area contributed by atoms with Crippen LogP contribution in [0.3, 0.4) is 0 Å². The van der Waals surface area contributed by atoms with Crippen LogP contribution >= 0.6 is 0 Å². The molecule has 2 fully saturated rings. The largest absolute Gasteiger partial charge is 0.368 e. The number of nitrogens with zero attached hydrogens (tertiary/aromatic N) is 1. The normalized spacial score (nSPS) is 33.0. The molecule has 1 N–H and O–H groups in total. The monoisotopic (exact) mass is 282 g/mol. The fourth-order valence-electron chi connectivity index (χ4n) is 4.08. The smallest absolute Gasteiger partial charge is 0.0789 e. The van der Waals surface area contributed by atoms with E-state index in [9.17, 15) is 0 Å². The molecule has 2 unspecified atom stereocenters. The highest BCUT2D eigenvalue weighted by Crippen LogP contribution is 2.40. The summed E-state index contributed by atoms with van der Waals surface area (Å²) in [5, 5.41) is 3.69.